The topological polar surface area (TPSA) is 59.6 Å². The van der Waals surface area contributed by atoms with E-state index in [4.69, 9.17) is 5.73 Å². The van der Waals surface area contributed by atoms with Crippen LogP contribution in [0.5, 0.6) is 0 Å². The van der Waals surface area contributed by atoms with E-state index in [-0.39, 0.29) is 6.17 Å². The number of aromatic nitrogens is 3. The molecule has 0 bridgehead atoms. The molecule has 3 rings (SSSR count). The van der Waals surface area contributed by atoms with Gasteiger partial charge in [0.2, 0.25) is 0 Å². The molecule has 1 aromatic carbocycles. The minimum absolute atomic E-state index is 0.0509. The number of benzene rings is 1. The lowest BCUT2D eigenvalue weighted by Crippen LogP contribution is -2.13. The average molecular weight is 200 g/mol. The molecule has 76 valence electrons. The Hall–Kier alpha value is -1.81. The first kappa shape index (κ1) is 8.49. The Kier molecular flexibility index (Phi) is 1.61. The predicted octanol–water partition coefficient (Wildman–Crippen LogP) is 1.99. The molecule has 4 heteroatoms. The first-order chi connectivity index (χ1) is 7.29. The van der Waals surface area contributed by atoms with Gasteiger partial charge in [0.15, 0.2) is 0 Å². The fraction of sp³-hybridized carbons (Fsp3) is 0.182. The summed E-state index contributed by atoms with van der Waals surface area (Å²) in [6.07, 6.45) is 1.77. The van der Waals surface area contributed by atoms with E-state index in [1.165, 1.54) is 5.39 Å². The molecule has 0 radical (unpaired) electrons. The molecule has 3 aromatic rings. The number of nitrogens with zero attached hydrogens (tertiary/aromatic N) is 2. The zero-order valence-electron chi connectivity index (χ0n) is 8.44. The molecule has 1 unspecified atom stereocenters. The molecule has 0 aliphatic heterocycles. The Bertz CT molecular complexity index is 618. The molecule has 0 saturated heterocycles. The van der Waals surface area contributed by atoms with E-state index in [9.17, 15) is 0 Å². The Morgan fingerprint density at radius 3 is 2.93 bits per heavy atom. The quantitative estimate of drug-likeness (QED) is 0.631. The Labute approximate surface area is 86.7 Å². The van der Waals surface area contributed by atoms with Crippen LogP contribution >= 0.6 is 0 Å². The lowest BCUT2D eigenvalue weighted by molar-refractivity contribution is 0.610. The van der Waals surface area contributed by atoms with Crippen LogP contribution in [0.25, 0.3) is 21.9 Å². The van der Waals surface area contributed by atoms with Crippen LogP contribution in [-0.2, 0) is 0 Å². The lowest BCUT2D eigenvalue weighted by Gasteiger charge is -2.09. The van der Waals surface area contributed by atoms with Gasteiger partial charge in [-0.05, 0) is 13.0 Å². The third kappa shape index (κ3) is 1.02. The van der Waals surface area contributed by atoms with E-state index in [0.717, 1.165) is 16.6 Å². The maximum Gasteiger partial charge on any atom is 0.0909 e. The molecule has 0 aliphatic carbocycles. The van der Waals surface area contributed by atoms with Gasteiger partial charge in [-0.1, -0.05) is 18.2 Å². The summed E-state index contributed by atoms with van der Waals surface area (Å²) >= 11 is 0. The van der Waals surface area contributed by atoms with Crippen molar-refractivity contribution in [2.75, 3.05) is 0 Å². The Morgan fingerprint density at radius 2 is 2.13 bits per heavy atom. The summed E-state index contributed by atoms with van der Waals surface area (Å²) in [6, 6.07) is 8.20. The summed E-state index contributed by atoms with van der Waals surface area (Å²) < 4.78 is 2.09. The fourth-order valence-electron chi connectivity index (χ4n) is 2.12. The van der Waals surface area contributed by atoms with Crippen molar-refractivity contribution in [3.05, 3.63) is 30.5 Å². The fourth-order valence-corrected chi connectivity index (χ4v) is 2.12. The number of rotatable bonds is 1. The third-order valence-electron chi connectivity index (χ3n) is 2.72. The van der Waals surface area contributed by atoms with Gasteiger partial charge in [-0.15, -0.1) is 0 Å². The van der Waals surface area contributed by atoms with Crippen molar-refractivity contribution in [3.8, 4) is 0 Å². The van der Waals surface area contributed by atoms with Crippen LogP contribution in [0, 0.1) is 0 Å². The average Bonchev–Trinajstić information content (AvgIpc) is 2.75. The highest BCUT2D eigenvalue weighted by atomic mass is 15.2. The van der Waals surface area contributed by atoms with Crippen molar-refractivity contribution in [1.82, 2.24) is 14.8 Å². The highest BCUT2D eigenvalue weighted by molar-refractivity contribution is 6.05. The summed E-state index contributed by atoms with van der Waals surface area (Å²) in [5, 5.41) is 8.23. The molecular formula is C11H12N4. The maximum absolute atomic E-state index is 5.97. The highest BCUT2D eigenvalue weighted by Gasteiger charge is 2.13. The largest absolute Gasteiger partial charge is 0.322 e. The number of nitrogens with two attached hydrogens (primary N) is 1. The van der Waals surface area contributed by atoms with Gasteiger partial charge in [-0.3, -0.25) is 5.10 Å². The van der Waals surface area contributed by atoms with Crippen LogP contribution in [0.1, 0.15) is 13.1 Å². The molecule has 4 nitrogen and oxygen atoms in total. The number of hydrogen-bond donors (Lipinski definition) is 2. The lowest BCUT2D eigenvalue weighted by atomic mass is 10.2. The van der Waals surface area contributed by atoms with E-state index in [0.29, 0.717) is 0 Å². The van der Waals surface area contributed by atoms with Crippen molar-refractivity contribution < 1.29 is 0 Å². The van der Waals surface area contributed by atoms with Crippen LogP contribution in [0.3, 0.4) is 0 Å². The van der Waals surface area contributed by atoms with Crippen LogP contribution in [-0.4, -0.2) is 14.8 Å². The summed E-state index contributed by atoms with van der Waals surface area (Å²) in [7, 11) is 0. The molecule has 0 aliphatic rings. The summed E-state index contributed by atoms with van der Waals surface area (Å²) in [4.78, 5) is 0. The van der Waals surface area contributed by atoms with Crippen molar-refractivity contribution in [2.45, 2.75) is 13.1 Å². The SMILES string of the molecule is CC(N)n1c2ccccc2c2[nH]ncc21. The molecule has 0 amide bonds. The second-order valence-electron chi connectivity index (χ2n) is 3.76. The van der Waals surface area contributed by atoms with E-state index >= 15 is 0 Å². The number of H-pyrrole nitrogens is 1. The number of fused-ring (bicyclic) bond motifs is 3. The second kappa shape index (κ2) is 2.84. The zero-order chi connectivity index (χ0) is 10.4. The van der Waals surface area contributed by atoms with Crippen LogP contribution in [0.2, 0.25) is 0 Å². The van der Waals surface area contributed by atoms with Gasteiger partial charge >= 0.3 is 0 Å². The normalized spacial score (nSPS) is 13.7. The number of aromatic amines is 1. The van der Waals surface area contributed by atoms with Crippen LogP contribution in [0.15, 0.2) is 30.5 Å². The monoisotopic (exact) mass is 200 g/mol. The summed E-state index contributed by atoms with van der Waals surface area (Å²) in [5.41, 5.74) is 9.24. The molecule has 3 N–H and O–H groups in total. The van der Waals surface area contributed by atoms with Crippen molar-refractivity contribution >= 4 is 21.9 Å². The van der Waals surface area contributed by atoms with Crippen LogP contribution in [0.4, 0.5) is 0 Å². The minimum atomic E-state index is -0.0509. The standard InChI is InChI=1S/C11H12N4/c1-7(12)15-9-5-3-2-4-8(9)11-10(15)6-13-14-11/h2-7H,12H2,1H3,(H,13,14). The molecule has 15 heavy (non-hydrogen) atoms. The van der Waals surface area contributed by atoms with Gasteiger partial charge in [0, 0.05) is 5.39 Å². The molecule has 0 saturated carbocycles. The maximum atomic E-state index is 5.97. The van der Waals surface area contributed by atoms with Gasteiger partial charge in [-0.25, -0.2) is 0 Å². The van der Waals surface area contributed by atoms with E-state index < -0.39 is 0 Å². The van der Waals surface area contributed by atoms with Crippen molar-refractivity contribution in [2.24, 2.45) is 5.73 Å². The minimum Gasteiger partial charge on any atom is -0.322 e. The number of para-hydroxylation sites is 1. The first-order valence-electron chi connectivity index (χ1n) is 4.96. The second-order valence-corrected chi connectivity index (χ2v) is 3.76. The van der Waals surface area contributed by atoms with Gasteiger partial charge in [-0.2, -0.15) is 5.10 Å². The summed E-state index contributed by atoms with van der Waals surface area (Å²) in [6.45, 7) is 1.97. The van der Waals surface area contributed by atoms with Gasteiger partial charge in [0.1, 0.15) is 0 Å². The predicted molar refractivity (Wildman–Crippen MR) is 60.5 cm³/mol. The van der Waals surface area contributed by atoms with Gasteiger partial charge < -0.3 is 10.3 Å². The van der Waals surface area contributed by atoms with E-state index in [1.54, 1.807) is 0 Å². The zero-order valence-corrected chi connectivity index (χ0v) is 8.44. The number of hydrogen-bond acceptors (Lipinski definition) is 2. The summed E-state index contributed by atoms with van der Waals surface area (Å²) in [5.74, 6) is 0. The van der Waals surface area contributed by atoms with Gasteiger partial charge in [0.05, 0.1) is 28.9 Å². The highest BCUT2D eigenvalue weighted by Crippen LogP contribution is 2.28. The van der Waals surface area contributed by atoms with Crippen LogP contribution < -0.4 is 5.73 Å². The third-order valence-corrected chi connectivity index (χ3v) is 2.72. The van der Waals surface area contributed by atoms with Crippen molar-refractivity contribution in [3.63, 3.8) is 0 Å². The van der Waals surface area contributed by atoms with Crippen molar-refractivity contribution in [1.29, 1.82) is 0 Å². The Balaban J connectivity index is 2.58. The molecule has 2 aromatic heterocycles. The molecule has 0 spiro atoms. The Morgan fingerprint density at radius 1 is 1.33 bits per heavy atom. The molecule has 0 fully saturated rings. The molecule has 2 heterocycles. The first-order valence-corrected chi connectivity index (χ1v) is 4.96. The molecule has 1 atom stereocenters. The van der Waals surface area contributed by atoms with E-state index in [1.807, 2.05) is 25.3 Å². The van der Waals surface area contributed by atoms with Gasteiger partial charge in [0.25, 0.3) is 0 Å². The van der Waals surface area contributed by atoms with E-state index in [2.05, 4.69) is 26.9 Å². The number of nitrogens with one attached hydrogen (secondary N) is 1. The smallest absolute Gasteiger partial charge is 0.0909 e. The molecular weight excluding hydrogens is 188 g/mol.